The van der Waals surface area contributed by atoms with E-state index in [9.17, 15) is 4.39 Å². The lowest BCUT2D eigenvalue weighted by Crippen LogP contribution is -2.00. The second-order valence-electron chi connectivity index (χ2n) is 4.12. The molecule has 3 N–H and O–H groups in total. The van der Waals surface area contributed by atoms with Crippen LogP contribution >= 0.6 is 15.9 Å². The number of nitrogens with one attached hydrogen (secondary N) is 1. The van der Waals surface area contributed by atoms with Crippen LogP contribution in [0, 0.1) is 24.1 Å². The largest absolute Gasteiger partial charge is 0.397 e. The molecule has 0 saturated carbocycles. The molecule has 0 aliphatic carbocycles. The van der Waals surface area contributed by atoms with Gasteiger partial charge < -0.3 is 11.1 Å². The minimum Gasteiger partial charge on any atom is -0.397 e. The Balaban J connectivity index is 2.42. The normalized spacial score (nSPS) is 10.0. The number of anilines is 3. The second-order valence-corrected chi connectivity index (χ2v) is 5.03. The topological polar surface area (TPSA) is 61.8 Å². The highest BCUT2D eigenvalue weighted by Gasteiger charge is 2.08. The summed E-state index contributed by atoms with van der Waals surface area (Å²) < 4.78 is 14.1. The Bertz CT molecular complexity index is 677. The van der Waals surface area contributed by atoms with Gasteiger partial charge >= 0.3 is 0 Å². The zero-order valence-electron chi connectivity index (χ0n) is 10.2. The van der Waals surface area contributed by atoms with Crippen molar-refractivity contribution in [1.29, 1.82) is 5.26 Å². The molecule has 2 aromatic carbocycles. The summed E-state index contributed by atoms with van der Waals surface area (Å²) in [7, 11) is 0. The number of nitrogens with zero attached hydrogens (tertiary/aromatic N) is 1. The van der Waals surface area contributed by atoms with Crippen LogP contribution in [0.4, 0.5) is 21.5 Å². The van der Waals surface area contributed by atoms with Gasteiger partial charge in [-0.25, -0.2) is 4.39 Å². The van der Waals surface area contributed by atoms with Gasteiger partial charge in [0.15, 0.2) is 0 Å². The summed E-state index contributed by atoms with van der Waals surface area (Å²) in [6.07, 6.45) is 0. The van der Waals surface area contributed by atoms with E-state index in [1.807, 2.05) is 6.07 Å². The number of halogens is 2. The zero-order chi connectivity index (χ0) is 14.0. The van der Waals surface area contributed by atoms with E-state index in [-0.39, 0.29) is 5.82 Å². The Labute approximate surface area is 119 Å². The third-order valence-electron chi connectivity index (χ3n) is 2.70. The zero-order valence-corrected chi connectivity index (χ0v) is 11.8. The van der Waals surface area contributed by atoms with Crippen LogP contribution in [-0.4, -0.2) is 0 Å². The molecule has 0 heterocycles. The van der Waals surface area contributed by atoms with E-state index in [1.54, 1.807) is 25.1 Å². The lowest BCUT2D eigenvalue weighted by atomic mass is 10.1. The van der Waals surface area contributed by atoms with Crippen molar-refractivity contribution in [1.82, 2.24) is 0 Å². The van der Waals surface area contributed by atoms with Crippen LogP contribution in [0.5, 0.6) is 0 Å². The van der Waals surface area contributed by atoms with Crippen LogP contribution in [0.3, 0.4) is 0 Å². The van der Waals surface area contributed by atoms with E-state index in [2.05, 4.69) is 27.3 Å². The third-order valence-corrected chi connectivity index (χ3v) is 3.20. The van der Waals surface area contributed by atoms with Gasteiger partial charge in [0, 0.05) is 4.47 Å². The maximum atomic E-state index is 13.3. The van der Waals surface area contributed by atoms with Gasteiger partial charge in [-0.2, -0.15) is 5.26 Å². The third kappa shape index (κ3) is 2.85. The van der Waals surface area contributed by atoms with E-state index >= 15 is 0 Å². The van der Waals surface area contributed by atoms with Crippen molar-refractivity contribution >= 4 is 33.0 Å². The summed E-state index contributed by atoms with van der Waals surface area (Å²) in [6, 6.07) is 10.3. The Morgan fingerprint density at radius 3 is 2.68 bits per heavy atom. The average molecular weight is 320 g/mol. The Morgan fingerprint density at radius 2 is 2.00 bits per heavy atom. The van der Waals surface area contributed by atoms with Crippen molar-refractivity contribution in [2.24, 2.45) is 0 Å². The van der Waals surface area contributed by atoms with E-state index in [4.69, 9.17) is 11.0 Å². The Morgan fingerprint density at radius 1 is 1.26 bits per heavy atom. The molecule has 19 heavy (non-hydrogen) atoms. The number of hydrogen-bond acceptors (Lipinski definition) is 3. The van der Waals surface area contributed by atoms with Gasteiger partial charge in [0.2, 0.25) is 0 Å². The predicted octanol–water partition coefficient (Wildman–Crippen LogP) is 4.09. The molecule has 0 bridgehead atoms. The van der Waals surface area contributed by atoms with Crippen molar-refractivity contribution in [2.45, 2.75) is 6.92 Å². The highest BCUT2D eigenvalue weighted by molar-refractivity contribution is 9.10. The molecule has 0 radical (unpaired) electrons. The molecule has 5 heteroatoms. The number of nitrogen functional groups attached to an aromatic ring is 1. The second kappa shape index (κ2) is 5.29. The van der Waals surface area contributed by atoms with Gasteiger partial charge in [0.25, 0.3) is 0 Å². The van der Waals surface area contributed by atoms with Crippen molar-refractivity contribution in [3.63, 3.8) is 0 Å². The van der Waals surface area contributed by atoms with E-state index in [1.165, 1.54) is 6.07 Å². The molecule has 0 fully saturated rings. The van der Waals surface area contributed by atoms with Crippen molar-refractivity contribution in [3.8, 4) is 6.07 Å². The summed E-state index contributed by atoms with van der Waals surface area (Å²) in [5.41, 5.74) is 8.25. The van der Waals surface area contributed by atoms with Crippen LogP contribution in [0.1, 0.15) is 11.1 Å². The maximum Gasteiger partial charge on any atom is 0.128 e. The molecule has 0 atom stereocenters. The summed E-state index contributed by atoms with van der Waals surface area (Å²) in [6.45, 7) is 1.66. The molecular weight excluding hydrogens is 309 g/mol. The first kappa shape index (κ1) is 13.4. The first-order valence-corrected chi connectivity index (χ1v) is 6.33. The number of rotatable bonds is 2. The van der Waals surface area contributed by atoms with Gasteiger partial charge in [-0.15, -0.1) is 0 Å². The van der Waals surface area contributed by atoms with Crippen molar-refractivity contribution in [3.05, 3.63) is 51.7 Å². The average Bonchev–Trinajstić information content (AvgIpc) is 2.37. The molecular formula is C14H11BrFN3. The monoisotopic (exact) mass is 319 g/mol. The summed E-state index contributed by atoms with van der Waals surface area (Å²) in [5, 5.41) is 12.1. The van der Waals surface area contributed by atoms with Gasteiger partial charge in [0.1, 0.15) is 11.9 Å². The fourth-order valence-corrected chi connectivity index (χ4v) is 2.03. The molecule has 0 saturated heterocycles. The fourth-order valence-electron chi connectivity index (χ4n) is 1.67. The molecule has 0 spiro atoms. The SMILES string of the molecule is Cc1cc(Nc2ccc(Br)cc2C#N)c(N)cc1F. The van der Waals surface area contributed by atoms with Crippen molar-refractivity contribution in [2.75, 3.05) is 11.1 Å². The predicted molar refractivity (Wildman–Crippen MR) is 77.7 cm³/mol. The first-order chi connectivity index (χ1) is 9.01. The Hall–Kier alpha value is -2.06. The maximum absolute atomic E-state index is 13.3. The number of nitriles is 1. The lowest BCUT2D eigenvalue weighted by molar-refractivity contribution is 0.619. The lowest BCUT2D eigenvalue weighted by Gasteiger charge is -2.12. The first-order valence-electron chi connectivity index (χ1n) is 5.53. The van der Waals surface area contributed by atoms with Gasteiger partial charge in [-0.05, 0) is 42.8 Å². The fraction of sp³-hybridized carbons (Fsp3) is 0.0714. The Kier molecular flexibility index (Phi) is 3.72. The molecule has 0 unspecified atom stereocenters. The highest BCUT2D eigenvalue weighted by atomic mass is 79.9. The van der Waals surface area contributed by atoms with Crippen molar-refractivity contribution < 1.29 is 4.39 Å². The minimum absolute atomic E-state index is 0.301. The van der Waals surface area contributed by atoms with Crippen LogP contribution in [-0.2, 0) is 0 Å². The van der Waals surface area contributed by atoms with Gasteiger partial charge in [0.05, 0.1) is 22.6 Å². The molecule has 0 aromatic heterocycles. The van der Waals surface area contributed by atoms with E-state index < -0.39 is 0 Å². The van der Waals surface area contributed by atoms with Gasteiger partial charge in [-0.3, -0.25) is 0 Å². The quantitative estimate of drug-likeness (QED) is 0.819. The molecule has 2 rings (SSSR count). The summed E-state index contributed by atoms with van der Waals surface area (Å²) >= 11 is 3.30. The molecule has 2 aromatic rings. The number of hydrogen-bond donors (Lipinski definition) is 2. The molecule has 0 aliphatic rings. The number of benzene rings is 2. The standard InChI is InChI=1S/C14H11BrFN3/c1-8-4-14(12(18)6-11(8)16)19-13-3-2-10(15)5-9(13)7-17/h2-6,19H,18H2,1H3. The summed E-state index contributed by atoms with van der Waals surface area (Å²) in [4.78, 5) is 0. The molecule has 0 aliphatic heterocycles. The smallest absolute Gasteiger partial charge is 0.128 e. The highest BCUT2D eigenvalue weighted by Crippen LogP contribution is 2.29. The van der Waals surface area contributed by atoms with Gasteiger partial charge in [-0.1, -0.05) is 15.9 Å². The summed E-state index contributed by atoms with van der Waals surface area (Å²) in [5.74, 6) is -0.348. The van der Waals surface area contributed by atoms with E-state index in [0.29, 0.717) is 28.2 Å². The van der Waals surface area contributed by atoms with E-state index in [0.717, 1.165) is 4.47 Å². The minimum atomic E-state index is -0.348. The van der Waals surface area contributed by atoms with Crippen LogP contribution in [0.15, 0.2) is 34.8 Å². The molecule has 3 nitrogen and oxygen atoms in total. The molecule has 96 valence electrons. The number of aryl methyl sites for hydroxylation is 1. The van der Waals surface area contributed by atoms with Crippen LogP contribution < -0.4 is 11.1 Å². The van der Waals surface area contributed by atoms with Crippen LogP contribution in [0.2, 0.25) is 0 Å². The van der Waals surface area contributed by atoms with Crippen LogP contribution in [0.25, 0.3) is 0 Å². The molecule has 0 amide bonds. The number of nitrogens with two attached hydrogens (primary N) is 1.